The van der Waals surface area contributed by atoms with Gasteiger partial charge < -0.3 is 16.0 Å². The van der Waals surface area contributed by atoms with Crippen LogP contribution in [-0.2, 0) is 13.0 Å². The Morgan fingerprint density at radius 1 is 1.03 bits per heavy atom. The monoisotopic (exact) mass is 435 g/mol. The molecule has 0 saturated carbocycles. The van der Waals surface area contributed by atoms with Gasteiger partial charge in [0.2, 0.25) is 0 Å². The molecule has 0 atom stereocenters. The third kappa shape index (κ3) is 4.36. The molecule has 0 aromatic heterocycles. The van der Waals surface area contributed by atoms with Crippen molar-refractivity contribution in [3.63, 3.8) is 0 Å². The van der Waals surface area contributed by atoms with Crippen LogP contribution in [0.2, 0.25) is 0 Å². The normalized spacial score (nSPS) is 12.9. The van der Waals surface area contributed by atoms with Crippen LogP contribution in [0, 0.1) is 11.6 Å². The van der Waals surface area contributed by atoms with Gasteiger partial charge in [-0.25, -0.2) is 8.78 Å². The van der Waals surface area contributed by atoms with Gasteiger partial charge in [-0.05, 0) is 85.5 Å². The molecule has 32 heavy (non-hydrogen) atoms. The molecule has 0 unspecified atom stereocenters. The van der Waals surface area contributed by atoms with Crippen molar-refractivity contribution in [2.75, 3.05) is 18.4 Å². The van der Waals surface area contributed by atoms with Crippen molar-refractivity contribution in [1.29, 1.82) is 0 Å². The van der Waals surface area contributed by atoms with E-state index >= 15 is 0 Å². The van der Waals surface area contributed by atoms with Gasteiger partial charge in [0.15, 0.2) is 0 Å². The van der Waals surface area contributed by atoms with Crippen molar-refractivity contribution >= 4 is 11.6 Å². The van der Waals surface area contributed by atoms with Crippen LogP contribution in [0.4, 0.5) is 14.5 Å². The maximum absolute atomic E-state index is 14.8. The predicted octanol–water partition coefficient (Wildman–Crippen LogP) is 4.98. The summed E-state index contributed by atoms with van der Waals surface area (Å²) in [7, 11) is 0. The fourth-order valence-electron chi connectivity index (χ4n) is 3.95. The van der Waals surface area contributed by atoms with Gasteiger partial charge in [0.05, 0.1) is 5.54 Å². The van der Waals surface area contributed by atoms with Crippen molar-refractivity contribution < 1.29 is 13.6 Å². The molecule has 0 fully saturated rings. The molecule has 4 rings (SSSR count). The second-order valence-electron chi connectivity index (χ2n) is 8.77. The van der Waals surface area contributed by atoms with E-state index < -0.39 is 11.4 Å². The number of nitrogens with one attached hydrogen (secondary N) is 1. The van der Waals surface area contributed by atoms with Gasteiger partial charge in [-0.2, -0.15) is 0 Å². The molecule has 0 spiro atoms. The smallest absolute Gasteiger partial charge is 0.254 e. The van der Waals surface area contributed by atoms with Crippen LogP contribution in [0.15, 0.2) is 60.7 Å². The van der Waals surface area contributed by atoms with Gasteiger partial charge in [0, 0.05) is 36.4 Å². The largest absolute Gasteiger partial charge is 0.384 e. The van der Waals surface area contributed by atoms with Gasteiger partial charge in [0.25, 0.3) is 5.91 Å². The zero-order chi connectivity index (χ0) is 22.9. The Balaban J connectivity index is 1.68. The number of nitrogens with two attached hydrogens (primary N) is 1. The Bertz CT molecular complexity index is 1140. The number of rotatable bonds is 6. The van der Waals surface area contributed by atoms with E-state index in [0.29, 0.717) is 11.1 Å². The lowest BCUT2D eigenvalue weighted by Crippen LogP contribution is -2.51. The van der Waals surface area contributed by atoms with E-state index in [4.69, 9.17) is 5.73 Å². The first-order valence-electron chi connectivity index (χ1n) is 10.7. The van der Waals surface area contributed by atoms with Gasteiger partial charge in [-0.3, -0.25) is 4.79 Å². The topological polar surface area (TPSA) is 58.4 Å². The highest BCUT2D eigenvalue weighted by atomic mass is 19.1. The summed E-state index contributed by atoms with van der Waals surface area (Å²) in [4.78, 5) is 14.8. The zero-order valence-electron chi connectivity index (χ0n) is 18.3. The van der Waals surface area contributed by atoms with E-state index in [9.17, 15) is 13.6 Å². The van der Waals surface area contributed by atoms with Gasteiger partial charge in [0.1, 0.15) is 11.6 Å². The lowest BCUT2D eigenvalue weighted by Gasteiger charge is -2.38. The number of carbonyl (C=O) groups is 1. The summed E-state index contributed by atoms with van der Waals surface area (Å²) in [5, 5.41) is 3.34. The number of benzene rings is 3. The van der Waals surface area contributed by atoms with E-state index in [-0.39, 0.29) is 24.8 Å². The van der Waals surface area contributed by atoms with Crippen LogP contribution in [0.1, 0.15) is 35.3 Å². The minimum absolute atomic E-state index is 0.0482. The lowest BCUT2D eigenvalue weighted by molar-refractivity contribution is 0.0536. The van der Waals surface area contributed by atoms with Crippen LogP contribution in [0.3, 0.4) is 0 Å². The second kappa shape index (κ2) is 8.71. The van der Waals surface area contributed by atoms with Crippen LogP contribution >= 0.6 is 0 Å². The first kappa shape index (κ1) is 22.0. The number of fused-ring (bicyclic) bond motifs is 1. The molecule has 3 N–H and O–H groups in total. The maximum atomic E-state index is 14.8. The highest BCUT2D eigenvalue weighted by molar-refractivity contribution is 5.94. The summed E-state index contributed by atoms with van der Waals surface area (Å²) in [6.07, 6.45) is 0.960. The molecule has 166 valence electrons. The average molecular weight is 436 g/mol. The Kier molecular flexibility index (Phi) is 5.98. The number of amides is 1. The Labute approximate surface area is 187 Å². The molecule has 1 aliphatic rings. The first-order valence-corrected chi connectivity index (χ1v) is 10.7. The predicted molar refractivity (Wildman–Crippen MR) is 123 cm³/mol. The molecule has 0 saturated heterocycles. The number of hydrogen-bond acceptors (Lipinski definition) is 3. The lowest BCUT2D eigenvalue weighted by atomic mass is 9.97. The Morgan fingerprint density at radius 2 is 1.72 bits per heavy atom. The van der Waals surface area contributed by atoms with E-state index in [1.165, 1.54) is 35.9 Å². The highest BCUT2D eigenvalue weighted by Gasteiger charge is 2.31. The zero-order valence-corrected chi connectivity index (χ0v) is 18.3. The summed E-state index contributed by atoms with van der Waals surface area (Å²) in [5.41, 5.74) is 10.2. The van der Waals surface area contributed by atoms with E-state index in [1.54, 1.807) is 17.0 Å². The second-order valence-corrected chi connectivity index (χ2v) is 8.77. The minimum Gasteiger partial charge on any atom is -0.384 e. The summed E-state index contributed by atoms with van der Waals surface area (Å²) in [6, 6.07) is 16.5. The molecule has 3 aromatic rings. The molecule has 0 bridgehead atoms. The molecule has 1 amide bonds. The minimum atomic E-state index is -0.729. The van der Waals surface area contributed by atoms with Crippen molar-refractivity contribution in [1.82, 2.24) is 4.90 Å². The average Bonchev–Trinajstić information content (AvgIpc) is 3.26. The van der Waals surface area contributed by atoms with Gasteiger partial charge in [-0.15, -0.1) is 0 Å². The highest BCUT2D eigenvalue weighted by Crippen LogP contribution is 2.30. The van der Waals surface area contributed by atoms with Crippen LogP contribution in [0.25, 0.3) is 11.1 Å². The molecule has 4 nitrogen and oxygen atoms in total. The van der Waals surface area contributed by atoms with Crippen molar-refractivity contribution in [3.8, 4) is 11.1 Å². The van der Waals surface area contributed by atoms with Crippen LogP contribution in [-0.4, -0.2) is 29.4 Å². The number of halogens is 2. The fraction of sp³-hybridized carbons (Fsp3) is 0.269. The van der Waals surface area contributed by atoms with Crippen molar-refractivity contribution in [2.24, 2.45) is 5.73 Å². The molecular formula is C26H27F2N3O. The molecule has 0 aliphatic carbocycles. The number of hydrogen-bond donors (Lipinski definition) is 2. The standard InChI is InChI=1S/C26H27F2N3O/c1-26(2,16-29)31(25(32)17-3-7-22(27)8-4-17)15-21-14-18(5-9-23(21)28)19-6-10-24-20(13-19)11-12-30-24/h3-10,13-14,30H,11-12,15-16,29H2,1-2H3. The number of carbonyl (C=O) groups excluding carboxylic acids is 1. The summed E-state index contributed by atoms with van der Waals surface area (Å²) in [5.74, 6) is -1.13. The molecular weight excluding hydrogens is 408 g/mol. The Hall–Kier alpha value is -3.25. The molecule has 1 heterocycles. The number of anilines is 1. The van der Waals surface area contributed by atoms with E-state index in [1.807, 2.05) is 26.0 Å². The van der Waals surface area contributed by atoms with Crippen LogP contribution < -0.4 is 11.1 Å². The quantitative estimate of drug-likeness (QED) is 0.574. The SMILES string of the molecule is CC(C)(CN)N(Cc1cc(-c2ccc3c(c2)CCN3)ccc1F)C(=O)c1ccc(F)cc1. The molecule has 1 aliphatic heterocycles. The summed E-state index contributed by atoms with van der Waals surface area (Å²) in [6.45, 7) is 4.83. The molecule has 3 aromatic carbocycles. The van der Waals surface area contributed by atoms with Crippen molar-refractivity contribution in [3.05, 3.63) is 89.0 Å². The van der Waals surface area contributed by atoms with Gasteiger partial charge >= 0.3 is 0 Å². The van der Waals surface area contributed by atoms with E-state index in [0.717, 1.165) is 29.8 Å². The van der Waals surface area contributed by atoms with Gasteiger partial charge in [-0.1, -0.05) is 12.1 Å². The first-order chi connectivity index (χ1) is 15.3. The fourth-order valence-corrected chi connectivity index (χ4v) is 3.95. The summed E-state index contributed by atoms with van der Waals surface area (Å²) < 4.78 is 28.2. The third-order valence-corrected chi connectivity index (χ3v) is 6.09. The molecule has 6 heteroatoms. The summed E-state index contributed by atoms with van der Waals surface area (Å²) >= 11 is 0. The maximum Gasteiger partial charge on any atom is 0.254 e. The van der Waals surface area contributed by atoms with E-state index in [2.05, 4.69) is 11.4 Å². The molecule has 0 radical (unpaired) electrons. The number of nitrogens with zero attached hydrogens (tertiary/aromatic N) is 1. The Morgan fingerprint density at radius 3 is 2.44 bits per heavy atom. The third-order valence-electron chi connectivity index (χ3n) is 6.09. The van der Waals surface area contributed by atoms with Crippen LogP contribution in [0.5, 0.6) is 0 Å². The van der Waals surface area contributed by atoms with Crippen molar-refractivity contribution in [2.45, 2.75) is 32.4 Å².